The highest BCUT2D eigenvalue weighted by Crippen LogP contribution is 2.33. The first-order valence-electron chi connectivity index (χ1n) is 8.88. The van der Waals surface area contributed by atoms with Gasteiger partial charge in [-0.25, -0.2) is 9.59 Å². The van der Waals surface area contributed by atoms with E-state index in [0.29, 0.717) is 5.69 Å². The zero-order valence-electron chi connectivity index (χ0n) is 16.6. The van der Waals surface area contributed by atoms with Crippen LogP contribution in [0.5, 0.6) is 0 Å². The van der Waals surface area contributed by atoms with Crippen molar-refractivity contribution in [3.8, 4) is 0 Å². The molecule has 6 heteroatoms. The Morgan fingerprint density at radius 3 is 2.48 bits per heavy atom. The number of rotatable bonds is 4. The van der Waals surface area contributed by atoms with Gasteiger partial charge in [0.25, 0.3) is 0 Å². The van der Waals surface area contributed by atoms with Gasteiger partial charge < -0.3 is 9.47 Å². The Bertz CT molecular complexity index is 760. The predicted octanol–water partition coefficient (Wildman–Crippen LogP) is 3.00. The average molecular weight is 373 g/mol. The molecule has 0 unspecified atom stereocenters. The molecule has 0 N–H and O–H groups in total. The highest BCUT2D eigenvalue weighted by Gasteiger charge is 2.47. The van der Waals surface area contributed by atoms with Gasteiger partial charge in [0.1, 0.15) is 6.61 Å². The van der Waals surface area contributed by atoms with Gasteiger partial charge in [-0.1, -0.05) is 58.9 Å². The first-order valence-corrected chi connectivity index (χ1v) is 8.88. The van der Waals surface area contributed by atoms with Crippen molar-refractivity contribution in [2.24, 2.45) is 5.41 Å². The fourth-order valence-electron chi connectivity index (χ4n) is 2.97. The molecule has 1 aromatic rings. The summed E-state index contributed by atoms with van der Waals surface area (Å²) in [6, 6.07) is 7.39. The van der Waals surface area contributed by atoms with Crippen LogP contribution in [0.15, 0.2) is 36.9 Å². The molecular weight excluding hydrogens is 346 g/mol. The van der Waals surface area contributed by atoms with E-state index in [1.807, 2.05) is 32.9 Å². The molecule has 0 radical (unpaired) electrons. The number of anilines is 1. The SMILES string of the molecule is C=CCN(C(=O)C(=O)O[C@H]1C(=O)OCC1(C)C)c1ccccc1C(C)(C)C. The molecule has 1 heterocycles. The number of ether oxygens (including phenoxy) is 2. The molecule has 27 heavy (non-hydrogen) atoms. The van der Waals surface area contributed by atoms with Crippen LogP contribution >= 0.6 is 0 Å². The zero-order chi connectivity index (χ0) is 20.4. The number of hydrogen-bond acceptors (Lipinski definition) is 5. The Kier molecular flexibility index (Phi) is 5.78. The predicted molar refractivity (Wildman–Crippen MR) is 102 cm³/mol. The fraction of sp³-hybridized carbons (Fsp3) is 0.476. The molecule has 1 atom stereocenters. The van der Waals surface area contributed by atoms with E-state index < -0.39 is 29.4 Å². The van der Waals surface area contributed by atoms with Crippen molar-refractivity contribution in [3.63, 3.8) is 0 Å². The lowest BCUT2D eigenvalue weighted by Gasteiger charge is -2.29. The monoisotopic (exact) mass is 373 g/mol. The Balaban J connectivity index is 2.32. The lowest BCUT2D eigenvalue weighted by Crippen LogP contribution is -2.43. The van der Waals surface area contributed by atoms with Crippen LogP contribution in [0, 0.1) is 5.41 Å². The van der Waals surface area contributed by atoms with Crippen LogP contribution in [0.4, 0.5) is 5.69 Å². The number of carbonyl (C=O) groups excluding carboxylic acids is 3. The van der Waals surface area contributed by atoms with Crippen molar-refractivity contribution in [1.29, 1.82) is 0 Å². The van der Waals surface area contributed by atoms with Gasteiger partial charge in [0.15, 0.2) is 0 Å². The number of carbonyl (C=O) groups is 3. The van der Waals surface area contributed by atoms with Crippen LogP contribution in [-0.2, 0) is 29.3 Å². The van der Waals surface area contributed by atoms with E-state index in [2.05, 4.69) is 6.58 Å². The molecule has 0 spiro atoms. The van der Waals surface area contributed by atoms with Gasteiger partial charge in [0.2, 0.25) is 6.10 Å². The highest BCUT2D eigenvalue weighted by molar-refractivity contribution is 6.38. The van der Waals surface area contributed by atoms with Gasteiger partial charge >= 0.3 is 17.8 Å². The topological polar surface area (TPSA) is 72.9 Å². The molecule has 146 valence electrons. The second-order valence-electron chi connectivity index (χ2n) is 8.35. The number of nitrogens with zero attached hydrogens (tertiary/aromatic N) is 1. The molecule has 1 aromatic carbocycles. The van der Waals surface area contributed by atoms with E-state index in [9.17, 15) is 14.4 Å². The van der Waals surface area contributed by atoms with Gasteiger partial charge in [-0.15, -0.1) is 6.58 Å². The quantitative estimate of drug-likeness (QED) is 0.461. The molecule has 0 bridgehead atoms. The second kappa shape index (κ2) is 7.55. The second-order valence-corrected chi connectivity index (χ2v) is 8.35. The maximum Gasteiger partial charge on any atom is 0.398 e. The van der Waals surface area contributed by atoms with Gasteiger partial charge in [0.05, 0.1) is 0 Å². The maximum atomic E-state index is 12.9. The Hall–Kier alpha value is -2.63. The standard InChI is InChI=1S/C21H27NO5/c1-7-12-22(15-11-9-8-10-14(15)20(2,3)4)17(23)19(25)27-16-18(24)26-13-21(16,5)6/h7-11,16H,1,12-13H2,2-6H3/t16-/m0/s1. The molecule has 0 aliphatic carbocycles. The molecule has 6 nitrogen and oxygen atoms in total. The first kappa shape index (κ1) is 20.7. The number of hydrogen-bond donors (Lipinski definition) is 0. The van der Waals surface area contributed by atoms with Crippen molar-refractivity contribution >= 4 is 23.5 Å². The van der Waals surface area contributed by atoms with E-state index in [-0.39, 0.29) is 18.6 Å². The summed E-state index contributed by atoms with van der Waals surface area (Å²) in [6.07, 6.45) is 0.440. The summed E-state index contributed by atoms with van der Waals surface area (Å²) in [7, 11) is 0. The average Bonchev–Trinajstić information content (AvgIpc) is 2.85. The van der Waals surface area contributed by atoms with E-state index in [1.54, 1.807) is 32.1 Å². The van der Waals surface area contributed by atoms with Crippen molar-refractivity contribution < 1.29 is 23.9 Å². The lowest BCUT2D eigenvalue weighted by atomic mass is 9.85. The van der Waals surface area contributed by atoms with Crippen LogP contribution in [0.25, 0.3) is 0 Å². The third-order valence-electron chi connectivity index (χ3n) is 4.47. The van der Waals surface area contributed by atoms with Crippen molar-refractivity contribution in [1.82, 2.24) is 0 Å². The van der Waals surface area contributed by atoms with Gasteiger partial charge in [0, 0.05) is 17.6 Å². The summed E-state index contributed by atoms with van der Waals surface area (Å²) in [4.78, 5) is 38.6. The van der Waals surface area contributed by atoms with Crippen molar-refractivity contribution in [2.45, 2.75) is 46.1 Å². The minimum absolute atomic E-state index is 0.138. The number of para-hydroxylation sites is 1. The molecule has 1 aliphatic heterocycles. The Labute approximate surface area is 160 Å². The van der Waals surface area contributed by atoms with Crippen LogP contribution < -0.4 is 4.90 Å². The molecule has 2 rings (SSSR count). The zero-order valence-corrected chi connectivity index (χ0v) is 16.6. The number of cyclic esters (lactones) is 1. The Morgan fingerprint density at radius 2 is 1.96 bits per heavy atom. The van der Waals surface area contributed by atoms with Crippen LogP contribution in [0.1, 0.15) is 40.2 Å². The molecule has 1 amide bonds. The highest BCUT2D eigenvalue weighted by atomic mass is 16.6. The van der Waals surface area contributed by atoms with E-state index in [1.165, 1.54) is 4.90 Å². The molecule has 1 saturated heterocycles. The number of amides is 1. The molecular formula is C21H27NO5. The van der Waals surface area contributed by atoms with Gasteiger partial charge in [-0.2, -0.15) is 0 Å². The third kappa shape index (κ3) is 4.38. The summed E-state index contributed by atoms with van der Waals surface area (Å²) in [5, 5.41) is 0. The summed E-state index contributed by atoms with van der Waals surface area (Å²) >= 11 is 0. The molecule has 0 saturated carbocycles. The van der Waals surface area contributed by atoms with Gasteiger partial charge in [-0.05, 0) is 17.0 Å². The van der Waals surface area contributed by atoms with Crippen LogP contribution in [-0.4, -0.2) is 37.1 Å². The van der Waals surface area contributed by atoms with E-state index >= 15 is 0 Å². The van der Waals surface area contributed by atoms with Crippen molar-refractivity contribution in [2.75, 3.05) is 18.1 Å². The molecule has 1 aliphatic rings. The van der Waals surface area contributed by atoms with Crippen molar-refractivity contribution in [3.05, 3.63) is 42.5 Å². The van der Waals surface area contributed by atoms with Crippen LogP contribution in [0.3, 0.4) is 0 Å². The third-order valence-corrected chi connectivity index (χ3v) is 4.47. The summed E-state index contributed by atoms with van der Waals surface area (Å²) in [5.74, 6) is -2.56. The largest absolute Gasteiger partial charge is 0.462 e. The number of esters is 2. The minimum atomic E-state index is -1.10. The number of benzene rings is 1. The maximum absolute atomic E-state index is 12.9. The van der Waals surface area contributed by atoms with E-state index in [0.717, 1.165) is 5.56 Å². The van der Waals surface area contributed by atoms with Gasteiger partial charge in [-0.3, -0.25) is 9.69 Å². The molecule has 0 aromatic heterocycles. The van der Waals surface area contributed by atoms with Crippen LogP contribution in [0.2, 0.25) is 0 Å². The minimum Gasteiger partial charge on any atom is -0.462 e. The molecule has 1 fully saturated rings. The van der Waals surface area contributed by atoms with E-state index in [4.69, 9.17) is 9.47 Å². The summed E-state index contributed by atoms with van der Waals surface area (Å²) < 4.78 is 10.2. The smallest absolute Gasteiger partial charge is 0.398 e. The first-order chi connectivity index (χ1) is 12.5. The summed E-state index contributed by atoms with van der Waals surface area (Å²) in [5.41, 5.74) is 0.602. The fourth-order valence-corrected chi connectivity index (χ4v) is 2.97. The normalized spacial score (nSPS) is 18.6. The summed E-state index contributed by atoms with van der Waals surface area (Å²) in [6.45, 7) is 13.5. The Morgan fingerprint density at radius 1 is 1.33 bits per heavy atom. The lowest BCUT2D eigenvalue weighted by molar-refractivity contribution is -0.166.